The highest BCUT2D eigenvalue weighted by Gasteiger charge is 2.29. The van der Waals surface area contributed by atoms with E-state index in [2.05, 4.69) is 9.47 Å². The first-order valence-electron chi connectivity index (χ1n) is 3.42. The second-order valence-electron chi connectivity index (χ2n) is 1.91. The quantitative estimate of drug-likeness (QED) is 0.592. The van der Waals surface area contributed by atoms with Crippen molar-refractivity contribution in [2.75, 3.05) is 26.4 Å². The number of rotatable bonds is 6. The molecule has 2 N–H and O–H groups in total. The van der Waals surface area contributed by atoms with Gasteiger partial charge in [-0.05, 0) is 6.92 Å². The van der Waals surface area contributed by atoms with Gasteiger partial charge in [0.1, 0.15) is 6.61 Å². The van der Waals surface area contributed by atoms with Gasteiger partial charge in [0.25, 0.3) is 0 Å². The van der Waals surface area contributed by atoms with Crippen LogP contribution < -0.4 is 5.73 Å². The van der Waals surface area contributed by atoms with Gasteiger partial charge in [0.15, 0.2) is 0 Å². The van der Waals surface area contributed by atoms with Gasteiger partial charge in [0.2, 0.25) is 0 Å². The molecule has 0 saturated heterocycles. The van der Waals surface area contributed by atoms with E-state index >= 15 is 0 Å². The van der Waals surface area contributed by atoms with Crippen LogP contribution in [0.3, 0.4) is 0 Å². The Morgan fingerprint density at radius 1 is 1.45 bits per heavy atom. The molecule has 3 nitrogen and oxygen atoms in total. The molecule has 0 aromatic heterocycles. The number of hydrogen-bond donors (Lipinski definition) is 1. The average molecular weight is 169 g/mol. The summed E-state index contributed by atoms with van der Waals surface area (Å²) in [5, 5.41) is 0. The van der Waals surface area contributed by atoms with Gasteiger partial charge >= 0.3 is 6.11 Å². The molecule has 0 aliphatic heterocycles. The summed E-state index contributed by atoms with van der Waals surface area (Å²) in [5.74, 6) is 0. The fourth-order valence-corrected chi connectivity index (χ4v) is 0.527. The Kier molecular flexibility index (Phi) is 5.27. The zero-order valence-electron chi connectivity index (χ0n) is 6.48. The second-order valence-corrected chi connectivity index (χ2v) is 1.91. The molecule has 0 spiro atoms. The van der Waals surface area contributed by atoms with Crippen LogP contribution in [0.2, 0.25) is 0 Å². The molecule has 0 aliphatic rings. The monoisotopic (exact) mass is 169 g/mol. The lowest BCUT2D eigenvalue weighted by molar-refractivity contribution is -0.261. The zero-order valence-corrected chi connectivity index (χ0v) is 6.48. The largest absolute Gasteiger partial charge is 0.378 e. The Morgan fingerprint density at radius 3 is 2.55 bits per heavy atom. The smallest absolute Gasteiger partial charge is 0.371 e. The van der Waals surface area contributed by atoms with Crippen LogP contribution in [0.25, 0.3) is 0 Å². The molecule has 0 aliphatic carbocycles. The van der Waals surface area contributed by atoms with E-state index < -0.39 is 12.7 Å². The van der Waals surface area contributed by atoms with Crippen molar-refractivity contribution in [1.29, 1.82) is 0 Å². The topological polar surface area (TPSA) is 44.5 Å². The molecule has 0 fully saturated rings. The van der Waals surface area contributed by atoms with Crippen molar-refractivity contribution in [3.05, 3.63) is 0 Å². The maximum Gasteiger partial charge on any atom is 0.378 e. The number of hydrogen-bond acceptors (Lipinski definition) is 3. The van der Waals surface area contributed by atoms with Crippen molar-refractivity contribution in [3.8, 4) is 0 Å². The molecule has 0 radical (unpaired) electrons. The molecule has 68 valence electrons. The Bertz CT molecular complexity index is 101. The predicted molar refractivity (Wildman–Crippen MR) is 36.4 cm³/mol. The van der Waals surface area contributed by atoms with Gasteiger partial charge in [-0.15, -0.1) is 0 Å². The van der Waals surface area contributed by atoms with Crippen LogP contribution in [-0.2, 0) is 9.47 Å². The fourth-order valence-electron chi connectivity index (χ4n) is 0.527. The second kappa shape index (κ2) is 5.40. The first-order valence-corrected chi connectivity index (χ1v) is 3.42. The van der Waals surface area contributed by atoms with Gasteiger partial charge in [0.05, 0.1) is 13.2 Å². The van der Waals surface area contributed by atoms with Gasteiger partial charge in [-0.2, -0.15) is 8.78 Å². The highest BCUT2D eigenvalue weighted by Crippen LogP contribution is 2.14. The van der Waals surface area contributed by atoms with E-state index in [0.717, 1.165) is 0 Å². The normalized spacial score (nSPS) is 12.0. The van der Waals surface area contributed by atoms with Crippen molar-refractivity contribution >= 4 is 0 Å². The standard InChI is InChI=1S/C6H13F2NO2/c1-2-11-6(7,8)5-10-4-3-9/h2-5,9H2,1H3. The summed E-state index contributed by atoms with van der Waals surface area (Å²) in [7, 11) is 0. The van der Waals surface area contributed by atoms with Gasteiger partial charge in [-0.3, -0.25) is 0 Å². The van der Waals surface area contributed by atoms with Crippen molar-refractivity contribution < 1.29 is 18.3 Å². The first-order chi connectivity index (χ1) is 5.12. The SMILES string of the molecule is CCOC(F)(F)COCCN. The highest BCUT2D eigenvalue weighted by atomic mass is 19.3. The Balaban J connectivity index is 3.38. The average Bonchev–Trinajstić information content (AvgIpc) is 1.87. The fraction of sp³-hybridized carbons (Fsp3) is 1.00. The summed E-state index contributed by atoms with van der Waals surface area (Å²) in [4.78, 5) is 0. The summed E-state index contributed by atoms with van der Waals surface area (Å²) in [6, 6.07) is 0. The van der Waals surface area contributed by atoms with Crippen molar-refractivity contribution in [2.24, 2.45) is 5.73 Å². The first kappa shape index (κ1) is 10.7. The third-order valence-electron chi connectivity index (χ3n) is 0.888. The summed E-state index contributed by atoms with van der Waals surface area (Å²) in [6.07, 6.45) is -3.18. The van der Waals surface area contributed by atoms with E-state index in [4.69, 9.17) is 5.73 Å². The third-order valence-corrected chi connectivity index (χ3v) is 0.888. The Labute approximate surface area is 64.5 Å². The maximum atomic E-state index is 12.4. The van der Waals surface area contributed by atoms with Crippen LogP contribution in [0.5, 0.6) is 0 Å². The molecule has 0 aromatic carbocycles. The molecule has 0 atom stereocenters. The minimum absolute atomic E-state index is 0.0288. The van der Waals surface area contributed by atoms with Gasteiger partial charge in [-0.1, -0.05) is 0 Å². The molecular weight excluding hydrogens is 156 g/mol. The number of alkyl halides is 2. The lowest BCUT2D eigenvalue weighted by atomic mass is 10.6. The van der Waals surface area contributed by atoms with E-state index in [9.17, 15) is 8.78 Å². The lowest BCUT2D eigenvalue weighted by Gasteiger charge is -2.14. The molecule has 0 bridgehead atoms. The van der Waals surface area contributed by atoms with Crippen LogP contribution in [0, 0.1) is 0 Å². The molecule has 5 heteroatoms. The number of ether oxygens (including phenoxy) is 2. The molecular formula is C6H13F2NO2. The van der Waals surface area contributed by atoms with Crippen LogP contribution in [0.15, 0.2) is 0 Å². The van der Waals surface area contributed by atoms with Crippen molar-refractivity contribution in [3.63, 3.8) is 0 Å². The summed E-state index contributed by atoms with van der Waals surface area (Å²) in [5.41, 5.74) is 5.02. The molecule has 0 saturated carbocycles. The summed E-state index contributed by atoms with van der Waals surface area (Å²) < 4.78 is 33.3. The Morgan fingerprint density at radius 2 is 2.09 bits per heavy atom. The summed E-state index contributed by atoms with van der Waals surface area (Å²) in [6.45, 7) is 1.11. The zero-order chi connectivity index (χ0) is 8.74. The van der Waals surface area contributed by atoms with E-state index in [1.165, 1.54) is 6.92 Å². The number of halogens is 2. The third kappa shape index (κ3) is 6.15. The van der Waals surface area contributed by atoms with E-state index in [1.54, 1.807) is 0 Å². The molecule has 0 heterocycles. The number of nitrogens with two attached hydrogens (primary N) is 1. The minimum Gasteiger partial charge on any atom is -0.371 e. The van der Waals surface area contributed by atoms with Crippen molar-refractivity contribution in [1.82, 2.24) is 0 Å². The maximum absolute atomic E-state index is 12.4. The molecule has 11 heavy (non-hydrogen) atoms. The van der Waals surface area contributed by atoms with Crippen LogP contribution in [0.1, 0.15) is 6.92 Å². The van der Waals surface area contributed by atoms with Crippen LogP contribution >= 0.6 is 0 Å². The Hall–Kier alpha value is -0.260. The van der Waals surface area contributed by atoms with Gasteiger partial charge in [0, 0.05) is 6.54 Å². The van der Waals surface area contributed by atoms with E-state index in [-0.39, 0.29) is 19.8 Å². The van der Waals surface area contributed by atoms with E-state index in [1.807, 2.05) is 0 Å². The highest BCUT2D eigenvalue weighted by molar-refractivity contribution is 4.49. The predicted octanol–water partition coefficient (Wildman–Crippen LogP) is 0.591. The van der Waals surface area contributed by atoms with Crippen molar-refractivity contribution in [2.45, 2.75) is 13.0 Å². The summed E-state index contributed by atoms with van der Waals surface area (Å²) >= 11 is 0. The minimum atomic E-state index is -3.18. The lowest BCUT2D eigenvalue weighted by Crippen LogP contribution is -2.28. The molecule has 0 amide bonds. The molecule has 0 rings (SSSR count). The van der Waals surface area contributed by atoms with Gasteiger partial charge in [-0.25, -0.2) is 0 Å². The molecule has 0 unspecified atom stereocenters. The van der Waals surface area contributed by atoms with E-state index in [0.29, 0.717) is 0 Å². The van der Waals surface area contributed by atoms with Gasteiger partial charge < -0.3 is 15.2 Å². The van der Waals surface area contributed by atoms with Crippen LogP contribution in [-0.4, -0.2) is 32.5 Å². The molecule has 0 aromatic rings. The van der Waals surface area contributed by atoms with Crippen LogP contribution in [0.4, 0.5) is 8.78 Å².